The first-order valence-electron chi connectivity index (χ1n) is 8.92. The summed E-state index contributed by atoms with van der Waals surface area (Å²) in [4.78, 5) is 16.6. The van der Waals surface area contributed by atoms with Crippen molar-refractivity contribution in [2.45, 2.75) is 37.9 Å². The zero-order valence-corrected chi connectivity index (χ0v) is 14.4. The Labute approximate surface area is 150 Å². The number of hydrogen-bond acceptors (Lipinski definition) is 2. The maximum absolute atomic E-state index is 13.4. The first-order chi connectivity index (χ1) is 12.3. The highest BCUT2D eigenvalue weighted by molar-refractivity contribution is 5.92. The topological polar surface area (TPSA) is 23.6 Å². The molecule has 3 rings (SSSR count). The molecule has 0 N–H and O–H groups in total. The Kier molecular flexibility index (Phi) is 5.65. The second-order valence-corrected chi connectivity index (χ2v) is 6.94. The van der Waals surface area contributed by atoms with Crippen LogP contribution in [0.1, 0.15) is 36.8 Å². The van der Waals surface area contributed by atoms with E-state index in [4.69, 9.17) is 0 Å². The molecule has 0 aromatic heterocycles. The number of halogens is 4. The summed E-state index contributed by atoms with van der Waals surface area (Å²) in [5.74, 6) is -1.20. The Morgan fingerprint density at radius 3 is 2.54 bits per heavy atom. The van der Waals surface area contributed by atoms with E-state index in [1.807, 2.05) is 0 Å². The van der Waals surface area contributed by atoms with E-state index in [9.17, 15) is 22.4 Å². The minimum atomic E-state index is -4.62. The zero-order chi connectivity index (χ0) is 18.7. The molecule has 2 aliphatic rings. The van der Waals surface area contributed by atoms with E-state index in [1.54, 1.807) is 4.90 Å². The second kappa shape index (κ2) is 7.78. The highest BCUT2D eigenvalue weighted by Gasteiger charge is 2.32. The monoisotopic (exact) mass is 370 g/mol. The average molecular weight is 370 g/mol. The van der Waals surface area contributed by atoms with Gasteiger partial charge in [0.15, 0.2) is 0 Å². The fourth-order valence-electron chi connectivity index (χ4n) is 3.71. The van der Waals surface area contributed by atoms with Crippen molar-refractivity contribution in [3.8, 4) is 0 Å². The average Bonchev–Trinajstić information content (AvgIpc) is 3.23. The summed E-state index contributed by atoms with van der Waals surface area (Å²) in [6, 6.07) is 2.43. The van der Waals surface area contributed by atoms with E-state index in [0.717, 1.165) is 44.6 Å². The molecule has 2 fully saturated rings. The fourth-order valence-corrected chi connectivity index (χ4v) is 3.71. The first kappa shape index (κ1) is 18.9. The molecule has 1 amide bonds. The van der Waals surface area contributed by atoms with Crippen molar-refractivity contribution in [3.63, 3.8) is 0 Å². The molecule has 26 heavy (non-hydrogen) atoms. The normalized spacial score (nSPS) is 21.8. The van der Waals surface area contributed by atoms with Crippen LogP contribution in [0.3, 0.4) is 0 Å². The molecule has 1 aromatic rings. The van der Waals surface area contributed by atoms with Gasteiger partial charge in [0.25, 0.3) is 0 Å². The van der Waals surface area contributed by atoms with Gasteiger partial charge in [0.05, 0.1) is 5.56 Å². The first-order valence-corrected chi connectivity index (χ1v) is 8.92. The van der Waals surface area contributed by atoms with E-state index < -0.39 is 17.6 Å². The van der Waals surface area contributed by atoms with Gasteiger partial charge in [0, 0.05) is 25.2 Å². The molecule has 0 aliphatic carbocycles. The van der Waals surface area contributed by atoms with Crippen molar-refractivity contribution in [1.82, 2.24) is 9.80 Å². The number of rotatable bonds is 4. The van der Waals surface area contributed by atoms with Crippen molar-refractivity contribution in [3.05, 3.63) is 41.2 Å². The predicted octanol–water partition coefficient (Wildman–Crippen LogP) is 3.94. The quantitative estimate of drug-likeness (QED) is 0.592. The summed E-state index contributed by atoms with van der Waals surface area (Å²) in [6.45, 7) is 3.60. The third-order valence-corrected chi connectivity index (χ3v) is 4.99. The molecule has 3 nitrogen and oxygen atoms in total. The lowest BCUT2D eigenvalue weighted by molar-refractivity contribution is -0.137. The summed E-state index contributed by atoms with van der Waals surface area (Å²) in [5, 5.41) is 0. The molecule has 1 atom stereocenters. The molecule has 1 aromatic carbocycles. The number of benzene rings is 1. The van der Waals surface area contributed by atoms with E-state index in [2.05, 4.69) is 4.90 Å². The van der Waals surface area contributed by atoms with Crippen LogP contribution in [0.2, 0.25) is 0 Å². The van der Waals surface area contributed by atoms with Crippen LogP contribution < -0.4 is 0 Å². The van der Waals surface area contributed by atoms with Gasteiger partial charge in [-0.1, -0.05) is 0 Å². The smallest absolute Gasteiger partial charge is 0.335 e. The van der Waals surface area contributed by atoms with Crippen molar-refractivity contribution in [1.29, 1.82) is 0 Å². The van der Waals surface area contributed by atoms with Crippen LogP contribution >= 0.6 is 0 Å². The Bertz CT molecular complexity index is 681. The van der Waals surface area contributed by atoms with Gasteiger partial charge in [0.2, 0.25) is 5.91 Å². The molecule has 2 heterocycles. The Hall–Kier alpha value is -1.89. The summed E-state index contributed by atoms with van der Waals surface area (Å²) in [7, 11) is 0. The van der Waals surface area contributed by atoms with E-state index in [-0.39, 0.29) is 17.5 Å². The summed E-state index contributed by atoms with van der Waals surface area (Å²) < 4.78 is 51.7. The Morgan fingerprint density at radius 2 is 1.85 bits per heavy atom. The van der Waals surface area contributed by atoms with Crippen molar-refractivity contribution >= 4 is 12.0 Å². The molecule has 7 heteroatoms. The van der Waals surface area contributed by atoms with Crippen LogP contribution in [-0.4, -0.2) is 47.9 Å². The molecule has 1 unspecified atom stereocenters. The van der Waals surface area contributed by atoms with Gasteiger partial charge >= 0.3 is 6.18 Å². The Morgan fingerprint density at radius 1 is 1.12 bits per heavy atom. The van der Waals surface area contributed by atoms with Gasteiger partial charge < -0.3 is 9.80 Å². The number of hydrogen-bond donors (Lipinski definition) is 0. The van der Waals surface area contributed by atoms with Gasteiger partial charge in [-0.05, 0) is 68.6 Å². The molecular formula is C19H22F4N2O. The minimum Gasteiger partial charge on any atom is -0.335 e. The zero-order valence-electron chi connectivity index (χ0n) is 14.4. The second-order valence-electron chi connectivity index (χ2n) is 6.94. The van der Waals surface area contributed by atoms with Crippen LogP contribution in [0.4, 0.5) is 17.6 Å². The third-order valence-electron chi connectivity index (χ3n) is 4.99. The lowest BCUT2D eigenvalue weighted by atomic mass is 10.1. The number of carbonyl (C=O) groups is 1. The van der Waals surface area contributed by atoms with Gasteiger partial charge in [-0.25, -0.2) is 4.39 Å². The molecule has 142 valence electrons. The maximum atomic E-state index is 13.4. The Balaban J connectivity index is 1.67. The molecule has 2 saturated heterocycles. The summed E-state index contributed by atoms with van der Waals surface area (Å²) in [6.07, 6.45) is 2.11. The lowest BCUT2D eigenvalue weighted by Gasteiger charge is -2.27. The number of nitrogens with zero attached hydrogens (tertiary/aromatic N) is 2. The van der Waals surface area contributed by atoms with Crippen molar-refractivity contribution < 1.29 is 22.4 Å². The molecule has 0 spiro atoms. The van der Waals surface area contributed by atoms with Crippen LogP contribution in [-0.2, 0) is 11.0 Å². The van der Waals surface area contributed by atoms with Crippen LogP contribution in [0.15, 0.2) is 24.3 Å². The highest BCUT2D eigenvalue weighted by atomic mass is 19.4. The molecule has 0 bridgehead atoms. The fraction of sp³-hybridized carbons (Fsp3) is 0.526. The van der Waals surface area contributed by atoms with E-state index in [0.29, 0.717) is 12.6 Å². The van der Waals surface area contributed by atoms with Gasteiger partial charge in [-0.2, -0.15) is 13.2 Å². The van der Waals surface area contributed by atoms with Crippen LogP contribution in [0, 0.1) is 5.82 Å². The van der Waals surface area contributed by atoms with Gasteiger partial charge in [-0.3, -0.25) is 4.79 Å². The maximum Gasteiger partial charge on any atom is 0.416 e. The van der Waals surface area contributed by atoms with Crippen molar-refractivity contribution in [2.24, 2.45) is 0 Å². The number of likely N-dealkylation sites (tertiary alicyclic amines) is 2. The highest BCUT2D eigenvalue weighted by Crippen LogP contribution is 2.30. The molecule has 2 aliphatic heterocycles. The van der Waals surface area contributed by atoms with E-state index >= 15 is 0 Å². The standard InChI is InChI=1S/C19H22F4N2O/c20-16-11-14(10-15(12-16)19(21,22)23)5-6-18(26)25-9-3-4-17(25)13-24-7-1-2-8-24/h5-6,10-12,17H,1-4,7-9,13H2. The lowest BCUT2D eigenvalue weighted by Crippen LogP contribution is -2.41. The number of carbonyl (C=O) groups excluding carboxylic acids is 1. The van der Waals surface area contributed by atoms with Crippen molar-refractivity contribution in [2.75, 3.05) is 26.2 Å². The van der Waals surface area contributed by atoms with Crippen LogP contribution in [0.25, 0.3) is 6.08 Å². The van der Waals surface area contributed by atoms with Crippen LogP contribution in [0.5, 0.6) is 0 Å². The largest absolute Gasteiger partial charge is 0.416 e. The summed E-state index contributed by atoms with van der Waals surface area (Å²) in [5.41, 5.74) is -1.03. The predicted molar refractivity (Wildman–Crippen MR) is 90.8 cm³/mol. The van der Waals surface area contributed by atoms with Gasteiger partial charge in [0.1, 0.15) is 5.82 Å². The third kappa shape index (κ3) is 4.63. The summed E-state index contributed by atoms with van der Waals surface area (Å²) >= 11 is 0. The van der Waals surface area contributed by atoms with E-state index in [1.165, 1.54) is 25.0 Å². The SMILES string of the molecule is O=C(C=Cc1cc(F)cc(C(F)(F)F)c1)N1CCCC1CN1CCCC1. The molecule has 0 saturated carbocycles. The number of amides is 1. The molecular weight excluding hydrogens is 348 g/mol. The molecule has 0 radical (unpaired) electrons. The number of alkyl halides is 3. The van der Waals surface area contributed by atoms with Gasteiger partial charge in [-0.15, -0.1) is 0 Å². The minimum absolute atomic E-state index is 0.0287.